The Bertz CT molecular complexity index is 868. The average molecular weight is 360 g/mol. The van der Waals surface area contributed by atoms with E-state index in [1.807, 2.05) is 54.7 Å². The topological polar surface area (TPSA) is 58.1 Å². The monoisotopic (exact) mass is 360 g/mol. The molecule has 0 saturated carbocycles. The Hall–Kier alpha value is -3.05. The zero-order chi connectivity index (χ0) is 19.1. The quantitative estimate of drug-likeness (QED) is 0.696. The van der Waals surface area contributed by atoms with Crippen molar-refractivity contribution in [2.45, 2.75) is 25.9 Å². The molecule has 0 aliphatic rings. The zero-order valence-electron chi connectivity index (χ0n) is 15.7. The number of amides is 1. The molecule has 0 bridgehead atoms. The number of nitrogens with one attached hydrogen (secondary N) is 1. The SMILES string of the molecule is C[C@@H](Cc1ccccn1)N(C)Cc1cccc(C(=O)Nc2cccnc2)c1. The number of carbonyl (C=O) groups excluding carboxylic acids is 1. The minimum atomic E-state index is -0.131. The van der Waals surface area contributed by atoms with Crippen LogP contribution in [0, 0.1) is 0 Å². The Labute approximate surface area is 160 Å². The summed E-state index contributed by atoms with van der Waals surface area (Å²) in [7, 11) is 2.09. The normalized spacial score (nSPS) is 12.0. The molecule has 0 unspecified atom stereocenters. The Kier molecular flexibility index (Phi) is 6.28. The Morgan fingerprint density at radius 2 is 2.00 bits per heavy atom. The number of pyridine rings is 2. The van der Waals surface area contributed by atoms with Crippen LogP contribution >= 0.6 is 0 Å². The second-order valence-electron chi connectivity index (χ2n) is 6.69. The predicted octanol–water partition coefficient (Wildman–Crippen LogP) is 3.79. The van der Waals surface area contributed by atoms with Crippen molar-refractivity contribution in [3.05, 3.63) is 90.0 Å². The molecule has 0 fully saturated rings. The third-order valence-electron chi connectivity index (χ3n) is 4.52. The second kappa shape index (κ2) is 9.05. The van der Waals surface area contributed by atoms with Crippen LogP contribution in [0.1, 0.15) is 28.5 Å². The molecule has 5 nitrogen and oxygen atoms in total. The summed E-state index contributed by atoms with van der Waals surface area (Å²) in [4.78, 5) is 23.2. The second-order valence-corrected chi connectivity index (χ2v) is 6.69. The third-order valence-corrected chi connectivity index (χ3v) is 4.52. The first-order chi connectivity index (χ1) is 13.1. The van der Waals surface area contributed by atoms with Crippen LogP contribution in [0.15, 0.2) is 73.2 Å². The predicted molar refractivity (Wildman–Crippen MR) is 108 cm³/mol. The maximum Gasteiger partial charge on any atom is 0.255 e. The average Bonchev–Trinajstić information content (AvgIpc) is 2.69. The Balaban J connectivity index is 1.62. The van der Waals surface area contributed by atoms with E-state index in [1.54, 1.807) is 18.5 Å². The lowest BCUT2D eigenvalue weighted by Crippen LogP contribution is -2.30. The van der Waals surface area contributed by atoms with E-state index in [2.05, 4.69) is 34.2 Å². The highest BCUT2D eigenvalue weighted by Gasteiger charge is 2.13. The van der Waals surface area contributed by atoms with Gasteiger partial charge in [0.2, 0.25) is 0 Å². The van der Waals surface area contributed by atoms with E-state index in [0.29, 0.717) is 17.3 Å². The van der Waals surface area contributed by atoms with Crippen LogP contribution in [0.5, 0.6) is 0 Å². The summed E-state index contributed by atoms with van der Waals surface area (Å²) in [6.45, 7) is 2.95. The van der Waals surface area contributed by atoms with E-state index >= 15 is 0 Å². The number of nitrogens with zero attached hydrogens (tertiary/aromatic N) is 3. The maximum absolute atomic E-state index is 12.5. The van der Waals surface area contributed by atoms with Gasteiger partial charge in [-0.1, -0.05) is 18.2 Å². The standard InChI is InChI=1S/C22H24N4O/c1-17(13-20-9-3-4-12-24-20)26(2)16-18-7-5-8-19(14-18)22(27)25-21-10-6-11-23-15-21/h3-12,14-15,17H,13,16H2,1-2H3,(H,25,27)/t17-/m0/s1. The van der Waals surface area contributed by atoms with Gasteiger partial charge < -0.3 is 5.32 Å². The summed E-state index contributed by atoms with van der Waals surface area (Å²) >= 11 is 0. The fourth-order valence-corrected chi connectivity index (χ4v) is 2.87. The van der Waals surface area contributed by atoms with Crippen molar-refractivity contribution in [3.63, 3.8) is 0 Å². The number of rotatable bonds is 7. The van der Waals surface area contributed by atoms with Crippen LogP contribution in [0.25, 0.3) is 0 Å². The molecule has 138 valence electrons. The Morgan fingerprint density at radius 3 is 2.74 bits per heavy atom. The molecule has 1 N–H and O–H groups in total. The zero-order valence-corrected chi connectivity index (χ0v) is 15.7. The number of hydrogen-bond acceptors (Lipinski definition) is 4. The van der Waals surface area contributed by atoms with Crippen molar-refractivity contribution >= 4 is 11.6 Å². The van der Waals surface area contributed by atoms with Gasteiger partial charge in [-0.2, -0.15) is 0 Å². The number of likely N-dealkylation sites (N-methyl/N-ethyl adjacent to an activating group) is 1. The first-order valence-corrected chi connectivity index (χ1v) is 9.02. The first-order valence-electron chi connectivity index (χ1n) is 9.02. The molecule has 1 aromatic carbocycles. The van der Waals surface area contributed by atoms with Gasteiger partial charge in [-0.3, -0.25) is 19.7 Å². The van der Waals surface area contributed by atoms with Crippen LogP contribution in [0.4, 0.5) is 5.69 Å². The van der Waals surface area contributed by atoms with Crippen molar-refractivity contribution in [2.24, 2.45) is 0 Å². The lowest BCUT2D eigenvalue weighted by atomic mass is 10.1. The van der Waals surface area contributed by atoms with Crippen molar-refractivity contribution < 1.29 is 4.79 Å². The van der Waals surface area contributed by atoms with E-state index in [9.17, 15) is 4.79 Å². The minimum absolute atomic E-state index is 0.131. The summed E-state index contributed by atoms with van der Waals surface area (Å²) in [5.74, 6) is -0.131. The van der Waals surface area contributed by atoms with Gasteiger partial charge in [0, 0.05) is 42.7 Å². The molecular formula is C22H24N4O. The van der Waals surface area contributed by atoms with Crippen LogP contribution in [-0.2, 0) is 13.0 Å². The fourth-order valence-electron chi connectivity index (χ4n) is 2.87. The molecule has 2 heterocycles. The van der Waals surface area contributed by atoms with Gasteiger partial charge in [0.15, 0.2) is 0 Å². The van der Waals surface area contributed by atoms with E-state index in [0.717, 1.165) is 24.2 Å². The first kappa shape index (κ1) is 18.7. The van der Waals surface area contributed by atoms with Crippen molar-refractivity contribution in [1.29, 1.82) is 0 Å². The highest BCUT2D eigenvalue weighted by atomic mass is 16.1. The molecule has 0 spiro atoms. The Morgan fingerprint density at radius 1 is 1.11 bits per heavy atom. The van der Waals surface area contributed by atoms with Gasteiger partial charge in [0.05, 0.1) is 11.9 Å². The van der Waals surface area contributed by atoms with Gasteiger partial charge in [0.25, 0.3) is 5.91 Å². The van der Waals surface area contributed by atoms with Crippen molar-refractivity contribution in [2.75, 3.05) is 12.4 Å². The number of aromatic nitrogens is 2. The van der Waals surface area contributed by atoms with Crippen LogP contribution in [0.2, 0.25) is 0 Å². The molecule has 1 atom stereocenters. The molecule has 0 aliphatic heterocycles. The molecule has 1 amide bonds. The molecule has 5 heteroatoms. The van der Waals surface area contributed by atoms with E-state index < -0.39 is 0 Å². The smallest absolute Gasteiger partial charge is 0.255 e. The highest BCUT2D eigenvalue weighted by Crippen LogP contribution is 2.13. The molecule has 2 aromatic heterocycles. The van der Waals surface area contributed by atoms with Gasteiger partial charge in [0.1, 0.15) is 0 Å². The van der Waals surface area contributed by atoms with Crippen LogP contribution in [-0.4, -0.2) is 33.9 Å². The molecule has 0 saturated heterocycles. The molecule has 0 radical (unpaired) electrons. The summed E-state index contributed by atoms with van der Waals surface area (Å²) in [5, 5.41) is 2.87. The summed E-state index contributed by atoms with van der Waals surface area (Å²) < 4.78 is 0. The number of hydrogen-bond donors (Lipinski definition) is 1. The number of benzene rings is 1. The van der Waals surface area contributed by atoms with Crippen LogP contribution in [0.3, 0.4) is 0 Å². The molecule has 27 heavy (non-hydrogen) atoms. The number of carbonyl (C=O) groups is 1. The number of anilines is 1. The van der Waals surface area contributed by atoms with Crippen molar-refractivity contribution in [3.8, 4) is 0 Å². The molecular weight excluding hydrogens is 336 g/mol. The third kappa shape index (κ3) is 5.46. The molecule has 3 aromatic rings. The summed E-state index contributed by atoms with van der Waals surface area (Å²) in [6.07, 6.45) is 6.03. The highest BCUT2D eigenvalue weighted by molar-refractivity contribution is 6.04. The maximum atomic E-state index is 12.5. The lowest BCUT2D eigenvalue weighted by Gasteiger charge is -2.24. The largest absolute Gasteiger partial charge is 0.321 e. The van der Waals surface area contributed by atoms with Gasteiger partial charge in [-0.05, 0) is 55.9 Å². The molecule has 0 aliphatic carbocycles. The van der Waals surface area contributed by atoms with Crippen LogP contribution < -0.4 is 5.32 Å². The van der Waals surface area contributed by atoms with E-state index in [1.165, 1.54) is 0 Å². The van der Waals surface area contributed by atoms with Gasteiger partial charge in [-0.15, -0.1) is 0 Å². The fraction of sp³-hybridized carbons (Fsp3) is 0.227. The lowest BCUT2D eigenvalue weighted by molar-refractivity contribution is 0.102. The van der Waals surface area contributed by atoms with Gasteiger partial charge >= 0.3 is 0 Å². The summed E-state index contributed by atoms with van der Waals surface area (Å²) in [5.41, 5.74) is 3.52. The van der Waals surface area contributed by atoms with E-state index in [-0.39, 0.29) is 5.91 Å². The summed E-state index contributed by atoms with van der Waals surface area (Å²) in [6, 6.07) is 17.7. The minimum Gasteiger partial charge on any atom is -0.321 e. The van der Waals surface area contributed by atoms with Gasteiger partial charge in [-0.25, -0.2) is 0 Å². The van der Waals surface area contributed by atoms with E-state index in [4.69, 9.17) is 0 Å². The van der Waals surface area contributed by atoms with Crippen molar-refractivity contribution in [1.82, 2.24) is 14.9 Å². The molecule has 3 rings (SSSR count).